The van der Waals surface area contributed by atoms with Crippen LogP contribution in [-0.2, 0) is 4.79 Å². The molecule has 2 amide bonds. The second kappa shape index (κ2) is 4.78. The Hall–Kier alpha value is -2.10. The lowest BCUT2D eigenvalue weighted by Crippen LogP contribution is -2.49. The Morgan fingerprint density at radius 2 is 1.90 bits per heavy atom. The number of hydrogen-bond donors (Lipinski definition) is 2. The third-order valence-electron chi connectivity index (χ3n) is 4.52. The van der Waals surface area contributed by atoms with Gasteiger partial charge in [0.05, 0.1) is 5.41 Å². The molecule has 3 rings (SSSR count). The molecule has 0 saturated heterocycles. The van der Waals surface area contributed by atoms with Crippen molar-refractivity contribution in [2.24, 2.45) is 17.3 Å². The second-order valence-corrected chi connectivity index (χ2v) is 5.88. The standard InChI is InChI=1S/C16H18N2O2/c1-16(10-11-7-8-13(16)9-11)15(20)18-17-14(19)12-5-3-2-4-6-12/h2-8,11,13H,9-10H2,1H3,(H,17,19)(H,18,20). The number of rotatable bonds is 2. The van der Waals surface area contributed by atoms with Crippen molar-refractivity contribution in [2.75, 3.05) is 0 Å². The quantitative estimate of drug-likeness (QED) is 0.638. The summed E-state index contributed by atoms with van der Waals surface area (Å²) in [5.74, 6) is 0.418. The van der Waals surface area contributed by atoms with Gasteiger partial charge in [-0.3, -0.25) is 20.4 Å². The lowest BCUT2D eigenvalue weighted by molar-refractivity contribution is -0.132. The molecule has 1 aromatic rings. The molecule has 0 radical (unpaired) electrons. The van der Waals surface area contributed by atoms with Gasteiger partial charge in [0, 0.05) is 5.56 Å². The van der Waals surface area contributed by atoms with Crippen molar-refractivity contribution in [1.29, 1.82) is 0 Å². The molecule has 1 saturated carbocycles. The van der Waals surface area contributed by atoms with Gasteiger partial charge in [-0.15, -0.1) is 0 Å². The lowest BCUT2D eigenvalue weighted by Gasteiger charge is -2.29. The predicted octanol–water partition coefficient (Wildman–Crippen LogP) is 2.05. The highest BCUT2D eigenvalue weighted by atomic mass is 16.2. The van der Waals surface area contributed by atoms with Crippen LogP contribution in [0.15, 0.2) is 42.5 Å². The minimum absolute atomic E-state index is 0.0985. The Morgan fingerprint density at radius 3 is 2.50 bits per heavy atom. The van der Waals surface area contributed by atoms with Crippen LogP contribution in [0.1, 0.15) is 30.1 Å². The van der Waals surface area contributed by atoms with Crippen LogP contribution in [0, 0.1) is 17.3 Å². The highest BCUT2D eigenvalue weighted by molar-refractivity contribution is 5.96. The molecule has 0 heterocycles. The summed E-state index contributed by atoms with van der Waals surface area (Å²) in [5, 5.41) is 0. The van der Waals surface area contributed by atoms with Crippen LogP contribution in [0.2, 0.25) is 0 Å². The van der Waals surface area contributed by atoms with Crippen molar-refractivity contribution in [1.82, 2.24) is 10.9 Å². The molecule has 0 aromatic heterocycles. The topological polar surface area (TPSA) is 58.2 Å². The molecule has 104 valence electrons. The highest BCUT2D eigenvalue weighted by Gasteiger charge is 2.49. The van der Waals surface area contributed by atoms with Gasteiger partial charge < -0.3 is 0 Å². The van der Waals surface area contributed by atoms with E-state index < -0.39 is 5.41 Å². The number of fused-ring (bicyclic) bond motifs is 2. The molecule has 2 N–H and O–H groups in total. The van der Waals surface area contributed by atoms with E-state index in [2.05, 4.69) is 23.0 Å². The Labute approximate surface area is 118 Å². The molecule has 1 fully saturated rings. The molecule has 2 aliphatic carbocycles. The lowest BCUT2D eigenvalue weighted by atomic mass is 9.77. The highest BCUT2D eigenvalue weighted by Crippen LogP contribution is 2.51. The van der Waals surface area contributed by atoms with E-state index in [0.717, 1.165) is 12.8 Å². The molecule has 2 aliphatic rings. The van der Waals surface area contributed by atoms with Crippen LogP contribution in [0.3, 0.4) is 0 Å². The number of allylic oxidation sites excluding steroid dienone is 2. The SMILES string of the molecule is CC1(C(=O)NNC(=O)c2ccccc2)CC2C=CC1C2. The van der Waals surface area contributed by atoms with Gasteiger partial charge in [0.25, 0.3) is 5.91 Å². The molecule has 2 bridgehead atoms. The fourth-order valence-corrected chi connectivity index (χ4v) is 3.27. The summed E-state index contributed by atoms with van der Waals surface area (Å²) < 4.78 is 0. The third kappa shape index (κ3) is 2.11. The van der Waals surface area contributed by atoms with Crippen molar-refractivity contribution in [3.63, 3.8) is 0 Å². The minimum atomic E-state index is -0.399. The van der Waals surface area contributed by atoms with Crippen molar-refractivity contribution in [3.05, 3.63) is 48.0 Å². The molecular formula is C16H18N2O2. The first-order chi connectivity index (χ1) is 9.59. The fourth-order valence-electron chi connectivity index (χ4n) is 3.27. The molecule has 0 spiro atoms. The summed E-state index contributed by atoms with van der Waals surface area (Å²) >= 11 is 0. The molecule has 3 atom stereocenters. The number of carbonyl (C=O) groups is 2. The van der Waals surface area contributed by atoms with E-state index in [9.17, 15) is 9.59 Å². The van der Waals surface area contributed by atoms with Crippen molar-refractivity contribution >= 4 is 11.8 Å². The number of hydrazine groups is 1. The zero-order valence-corrected chi connectivity index (χ0v) is 11.4. The largest absolute Gasteiger partial charge is 0.273 e. The summed E-state index contributed by atoms with van der Waals surface area (Å²) in [6.45, 7) is 1.98. The molecule has 3 unspecified atom stereocenters. The summed E-state index contributed by atoms with van der Waals surface area (Å²) in [6.07, 6.45) is 6.24. The summed E-state index contributed by atoms with van der Waals surface area (Å²) in [7, 11) is 0. The van der Waals surface area contributed by atoms with Crippen LogP contribution in [-0.4, -0.2) is 11.8 Å². The third-order valence-corrected chi connectivity index (χ3v) is 4.52. The maximum atomic E-state index is 12.3. The normalized spacial score (nSPS) is 30.2. The summed E-state index contributed by atoms with van der Waals surface area (Å²) in [6, 6.07) is 8.85. The van der Waals surface area contributed by atoms with E-state index in [1.165, 1.54) is 0 Å². The van der Waals surface area contributed by atoms with Gasteiger partial charge >= 0.3 is 0 Å². The van der Waals surface area contributed by atoms with Gasteiger partial charge in [-0.2, -0.15) is 0 Å². The van der Waals surface area contributed by atoms with Gasteiger partial charge in [-0.1, -0.05) is 37.3 Å². The van der Waals surface area contributed by atoms with Gasteiger partial charge in [-0.05, 0) is 36.8 Å². The van der Waals surface area contributed by atoms with Crippen molar-refractivity contribution in [3.8, 4) is 0 Å². The zero-order chi connectivity index (χ0) is 14.2. The molecular weight excluding hydrogens is 252 g/mol. The number of nitrogens with one attached hydrogen (secondary N) is 2. The smallest absolute Gasteiger partial charge is 0.269 e. The van der Waals surface area contributed by atoms with Gasteiger partial charge in [0.15, 0.2) is 0 Å². The zero-order valence-electron chi connectivity index (χ0n) is 11.4. The summed E-state index contributed by atoms with van der Waals surface area (Å²) in [4.78, 5) is 24.2. The molecule has 1 aromatic carbocycles. The van der Waals surface area contributed by atoms with Crippen LogP contribution in [0.25, 0.3) is 0 Å². The van der Waals surface area contributed by atoms with E-state index in [-0.39, 0.29) is 11.8 Å². The Bertz CT molecular complexity index is 567. The Kier molecular flexibility index (Phi) is 3.08. The number of hydrogen-bond acceptors (Lipinski definition) is 2. The van der Waals surface area contributed by atoms with Crippen molar-refractivity contribution in [2.45, 2.75) is 19.8 Å². The van der Waals surface area contributed by atoms with Crippen LogP contribution < -0.4 is 10.9 Å². The Morgan fingerprint density at radius 1 is 1.15 bits per heavy atom. The maximum absolute atomic E-state index is 12.3. The monoisotopic (exact) mass is 270 g/mol. The Balaban J connectivity index is 1.60. The average Bonchev–Trinajstić information content (AvgIpc) is 3.06. The van der Waals surface area contributed by atoms with Crippen LogP contribution in [0.4, 0.5) is 0 Å². The number of amides is 2. The van der Waals surface area contributed by atoms with Gasteiger partial charge in [-0.25, -0.2) is 0 Å². The average molecular weight is 270 g/mol. The number of carbonyl (C=O) groups excluding carboxylic acids is 2. The van der Waals surface area contributed by atoms with Crippen LogP contribution >= 0.6 is 0 Å². The maximum Gasteiger partial charge on any atom is 0.269 e. The summed E-state index contributed by atoms with van der Waals surface area (Å²) in [5.41, 5.74) is 5.21. The van der Waals surface area contributed by atoms with Gasteiger partial charge in [0.1, 0.15) is 0 Å². The molecule has 4 nitrogen and oxygen atoms in total. The molecule has 20 heavy (non-hydrogen) atoms. The van der Waals surface area contributed by atoms with Crippen molar-refractivity contribution < 1.29 is 9.59 Å². The van der Waals surface area contributed by atoms with E-state index in [1.54, 1.807) is 24.3 Å². The first kappa shape index (κ1) is 12.9. The van der Waals surface area contributed by atoms with Gasteiger partial charge in [0.2, 0.25) is 5.91 Å². The molecule has 0 aliphatic heterocycles. The van der Waals surface area contributed by atoms with Crippen LogP contribution in [0.5, 0.6) is 0 Å². The predicted molar refractivity (Wildman–Crippen MR) is 75.5 cm³/mol. The first-order valence-corrected chi connectivity index (χ1v) is 6.94. The van der Waals surface area contributed by atoms with E-state index in [4.69, 9.17) is 0 Å². The minimum Gasteiger partial charge on any atom is -0.273 e. The number of benzene rings is 1. The second-order valence-electron chi connectivity index (χ2n) is 5.88. The van der Waals surface area contributed by atoms with E-state index in [0.29, 0.717) is 17.4 Å². The van der Waals surface area contributed by atoms with E-state index in [1.807, 2.05) is 13.0 Å². The fraction of sp³-hybridized carbons (Fsp3) is 0.375. The molecule has 4 heteroatoms. The first-order valence-electron chi connectivity index (χ1n) is 6.94. The van der Waals surface area contributed by atoms with E-state index >= 15 is 0 Å².